The van der Waals surface area contributed by atoms with E-state index in [9.17, 15) is 14.3 Å². The lowest BCUT2D eigenvalue weighted by Gasteiger charge is -2.14. The number of ether oxygens (including phenoxy) is 3. The Labute approximate surface area is 156 Å². The van der Waals surface area contributed by atoms with E-state index in [1.54, 1.807) is 36.4 Å². The van der Waals surface area contributed by atoms with Crippen LogP contribution in [0.2, 0.25) is 0 Å². The quantitative estimate of drug-likeness (QED) is 0.483. The van der Waals surface area contributed by atoms with Gasteiger partial charge in [-0.1, -0.05) is 12.1 Å². The maximum atomic E-state index is 13.4. The molecule has 0 radical (unpaired) electrons. The second-order valence-corrected chi connectivity index (χ2v) is 5.60. The number of para-hydroxylation sites is 1. The summed E-state index contributed by atoms with van der Waals surface area (Å²) in [4.78, 5) is 10.4. The van der Waals surface area contributed by atoms with Gasteiger partial charge in [0.05, 0.1) is 0 Å². The summed E-state index contributed by atoms with van der Waals surface area (Å²) in [5, 5.41) is 21.4. The summed E-state index contributed by atoms with van der Waals surface area (Å²) in [7, 11) is 0. The lowest BCUT2D eigenvalue weighted by Crippen LogP contribution is -2.33. The van der Waals surface area contributed by atoms with Gasteiger partial charge in [-0.25, -0.2) is 9.18 Å². The average Bonchev–Trinajstić information content (AvgIpc) is 2.66. The molecule has 0 aliphatic heterocycles. The summed E-state index contributed by atoms with van der Waals surface area (Å²) in [6.07, 6.45) is -0.782. The van der Waals surface area contributed by atoms with Crippen molar-refractivity contribution in [2.75, 3.05) is 32.9 Å². The second kappa shape index (κ2) is 11.0. The zero-order valence-corrected chi connectivity index (χ0v) is 14.6. The topological polar surface area (TPSA) is 97.3 Å². The van der Waals surface area contributed by atoms with Crippen molar-refractivity contribution in [2.45, 2.75) is 6.10 Å². The number of nitrogens with one attached hydrogen (secondary N) is 1. The number of benzene rings is 2. The zero-order valence-electron chi connectivity index (χ0n) is 14.6. The molecule has 0 saturated carbocycles. The molecule has 8 heteroatoms. The van der Waals surface area contributed by atoms with Gasteiger partial charge >= 0.3 is 5.97 Å². The van der Waals surface area contributed by atoms with E-state index in [0.717, 1.165) is 0 Å². The van der Waals surface area contributed by atoms with Gasteiger partial charge in [0, 0.05) is 13.1 Å². The minimum atomic E-state index is -1.04. The number of carboxylic acids is 1. The van der Waals surface area contributed by atoms with Crippen molar-refractivity contribution >= 4 is 5.97 Å². The first-order valence-electron chi connectivity index (χ1n) is 8.38. The molecule has 1 atom stereocenters. The van der Waals surface area contributed by atoms with E-state index in [4.69, 9.17) is 19.3 Å². The molecular formula is C19H22FNO6. The number of hydrogen-bond donors (Lipinski definition) is 3. The van der Waals surface area contributed by atoms with Gasteiger partial charge in [0.15, 0.2) is 18.2 Å². The van der Waals surface area contributed by atoms with Crippen molar-refractivity contribution in [3.8, 4) is 17.2 Å². The van der Waals surface area contributed by atoms with E-state index in [-0.39, 0.29) is 18.9 Å². The fourth-order valence-corrected chi connectivity index (χ4v) is 2.09. The van der Waals surface area contributed by atoms with Crippen LogP contribution in [0, 0.1) is 5.82 Å². The smallest absolute Gasteiger partial charge is 0.341 e. The van der Waals surface area contributed by atoms with Gasteiger partial charge in [-0.15, -0.1) is 0 Å². The first-order valence-corrected chi connectivity index (χ1v) is 8.38. The lowest BCUT2D eigenvalue weighted by molar-refractivity contribution is -0.139. The molecular weight excluding hydrogens is 357 g/mol. The van der Waals surface area contributed by atoms with E-state index in [1.165, 1.54) is 12.1 Å². The molecule has 2 rings (SSSR count). The van der Waals surface area contributed by atoms with Crippen molar-refractivity contribution in [1.82, 2.24) is 5.32 Å². The SMILES string of the molecule is O=C(O)COc1ccc(OCCNCC(O)COc2ccccc2F)cc1. The first kappa shape index (κ1) is 20.5. The summed E-state index contributed by atoms with van der Waals surface area (Å²) in [5.41, 5.74) is 0. The molecule has 1 unspecified atom stereocenters. The highest BCUT2D eigenvalue weighted by Gasteiger charge is 2.07. The number of rotatable bonds is 12. The van der Waals surface area contributed by atoms with Crippen molar-refractivity contribution in [2.24, 2.45) is 0 Å². The number of aliphatic hydroxyl groups is 1. The van der Waals surface area contributed by atoms with Crippen LogP contribution in [0.4, 0.5) is 4.39 Å². The first-order chi connectivity index (χ1) is 13.0. The predicted molar refractivity (Wildman–Crippen MR) is 95.8 cm³/mol. The summed E-state index contributed by atoms with van der Waals surface area (Å²) >= 11 is 0. The maximum absolute atomic E-state index is 13.4. The third kappa shape index (κ3) is 7.93. The van der Waals surface area contributed by atoms with E-state index in [1.807, 2.05) is 0 Å². The Kier molecular flexibility index (Phi) is 8.34. The Balaban J connectivity index is 1.57. The molecule has 0 heterocycles. The fourth-order valence-electron chi connectivity index (χ4n) is 2.09. The molecule has 0 bridgehead atoms. The van der Waals surface area contributed by atoms with Crippen molar-refractivity contribution in [1.29, 1.82) is 0 Å². The molecule has 0 amide bonds. The molecule has 2 aromatic rings. The van der Waals surface area contributed by atoms with E-state index in [2.05, 4.69) is 5.32 Å². The molecule has 7 nitrogen and oxygen atoms in total. The Bertz CT molecular complexity index is 710. The van der Waals surface area contributed by atoms with Gasteiger partial charge in [0.2, 0.25) is 0 Å². The van der Waals surface area contributed by atoms with Crippen LogP contribution in [0.15, 0.2) is 48.5 Å². The van der Waals surface area contributed by atoms with Crippen molar-refractivity contribution in [3.63, 3.8) is 0 Å². The Morgan fingerprint density at radius 1 is 1.04 bits per heavy atom. The number of carboxylic acid groups (broad SMARTS) is 1. The predicted octanol–water partition coefficient (Wildman–Crippen LogP) is 1.70. The van der Waals surface area contributed by atoms with E-state index < -0.39 is 24.5 Å². The Morgan fingerprint density at radius 2 is 1.70 bits per heavy atom. The molecule has 2 aromatic carbocycles. The van der Waals surface area contributed by atoms with Gasteiger partial charge in [-0.05, 0) is 36.4 Å². The monoisotopic (exact) mass is 379 g/mol. The van der Waals surface area contributed by atoms with Crippen LogP contribution in [-0.4, -0.2) is 55.2 Å². The molecule has 0 aromatic heterocycles. The number of halogens is 1. The standard InChI is InChI=1S/C19H22FNO6/c20-17-3-1-2-4-18(17)27-12-14(22)11-21-9-10-25-15-5-7-16(8-6-15)26-13-19(23)24/h1-8,14,21-22H,9-13H2,(H,23,24). The number of hydrogen-bond acceptors (Lipinski definition) is 6. The largest absolute Gasteiger partial charge is 0.492 e. The highest BCUT2D eigenvalue weighted by atomic mass is 19.1. The van der Waals surface area contributed by atoms with Crippen LogP contribution in [0.1, 0.15) is 0 Å². The minimum Gasteiger partial charge on any atom is -0.492 e. The average molecular weight is 379 g/mol. The number of aliphatic carboxylic acids is 1. The van der Waals surface area contributed by atoms with Crippen molar-refractivity contribution < 1.29 is 33.6 Å². The molecule has 3 N–H and O–H groups in total. The maximum Gasteiger partial charge on any atom is 0.341 e. The fraction of sp³-hybridized carbons (Fsp3) is 0.316. The lowest BCUT2D eigenvalue weighted by atomic mass is 10.3. The summed E-state index contributed by atoms with van der Waals surface area (Å²) in [6, 6.07) is 12.6. The third-order valence-electron chi connectivity index (χ3n) is 3.38. The van der Waals surface area contributed by atoms with Gasteiger partial charge < -0.3 is 29.7 Å². The Morgan fingerprint density at radius 3 is 2.37 bits per heavy atom. The van der Waals surface area contributed by atoms with Crippen LogP contribution in [0.25, 0.3) is 0 Å². The molecule has 0 fully saturated rings. The minimum absolute atomic E-state index is 0.0212. The Hall–Kier alpha value is -2.84. The summed E-state index contributed by atoms with van der Waals surface area (Å²) in [5.74, 6) is -0.340. The molecule has 146 valence electrons. The van der Waals surface area contributed by atoms with Crippen LogP contribution in [-0.2, 0) is 4.79 Å². The summed E-state index contributed by atoms with van der Waals surface area (Å²) in [6.45, 7) is 0.726. The van der Waals surface area contributed by atoms with E-state index >= 15 is 0 Å². The molecule has 0 aliphatic rings. The molecule has 0 spiro atoms. The second-order valence-electron chi connectivity index (χ2n) is 5.60. The number of aliphatic hydroxyl groups excluding tert-OH is 1. The van der Waals surface area contributed by atoms with Gasteiger partial charge in [-0.3, -0.25) is 0 Å². The normalized spacial score (nSPS) is 11.6. The van der Waals surface area contributed by atoms with Crippen LogP contribution < -0.4 is 19.5 Å². The van der Waals surface area contributed by atoms with Crippen LogP contribution in [0.5, 0.6) is 17.2 Å². The van der Waals surface area contributed by atoms with E-state index in [0.29, 0.717) is 24.7 Å². The summed E-state index contributed by atoms with van der Waals surface area (Å²) < 4.78 is 29.2. The van der Waals surface area contributed by atoms with Gasteiger partial charge in [0.1, 0.15) is 30.8 Å². The van der Waals surface area contributed by atoms with Gasteiger partial charge in [0.25, 0.3) is 0 Å². The van der Waals surface area contributed by atoms with Gasteiger partial charge in [-0.2, -0.15) is 0 Å². The van der Waals surface area contributed by atoms with Crippen molar-refractivity contribution in [3.05, 3.63) is 54.3 Å². The zero-order chi connectivity index (χ0) is 19.5. The molecule has 0 saturated heterocycles. The molecule has 27 heavy (non-hydrogen) atoms. The van der Waals surface area contributed by atoms with Crippen LogP contribution >= 0.6 is 0 Å². The molecule has 0 aliphatic carbocycles. The van der Waals surface area contributed by atoms with Crippen LogP contribution in [0.3, 0.4) is 0 Å². The third-order valence-corrected chi connectivity index (χ3v) is 3.38. The highest BCUT2D eigenvalue weighted by Crippen LogP contribution is 2.17. The highest BCUT2D eigenvalue weighted by molar-refractivity contribution is 5.68. The number of carbonyl (C=O) groups is 1.